The first-order chi connectivity index (χ1) is 9.74. The average molecular weight is 272 g/mol. The monoisotopic (exact) mass is 272 g/mol. The van der Waals surface area contributed by atoms with E-state index in [9.17, 15) is 5.11 Å². The molecular formula is C15H16N2O3. The molecule has 3 rings (SSSR count). The molecule has 0 aliphatic carbocycles. The fourth-order valence-corrected chi connectivity index (χ4v) is 2.13. The fourth-order valence-electron chi connectivity index (χ4n) is 2.13. The van der Waals surface area contributed by atoms with Gasteiger partial charge in [-0.15, -0.1) is 0 Å². The maximum Gasteiger partial charge on any atom is 0.231 e. The summed E-state index contributed by atoms with van der Waals surface area (Å²) in [6, 6.07) is 7.47. The van der Waals surface area contributed by atoms with Gasteiger partial charge in [0.1, 0.15) is 5.75 Å². The van der Waals surface area contributed by atoms with Gasteiger partial charge in [-0.2, -0.15) is 0 Å². The van der Waals surface area contributed by atoms with Crippen molar-refractivity contribution in [3.05, 3.63) is 47.8 Å². The highest BCUT2D eigenvalue weighted by molar-refractivity contribution is 5.51. The maximum atomic E-state index is 9.97. The standard InChI is InChI=1S/C15H16N2O3/c1-10(11-3-2-4-16-7-11)17-8-12-5-14-15(6-13(12)18)20-9-19-14/h2-7,10,17-18H,8-9H2,1H3/t10-/m0/s1. The Balaban J connectivity index is 1.70. The van der Waals surface area contributed by atoms with Crippen molar-refractivity contribution in [2.24, 2.45) is 0 Å². The summed E-state index contributed by atoms with van der Waals surface area (Å²) in [7, 11) is 0. The van der Waals surface area contributed by atoms with Crippen LogP contribution in [0.3, 0.4) is 0 Å². The van der Waals surface area contributed by atoms with Crippen LogP contribution in [-0.2, 0) is 6.54 Å². The van der Waals surface area contributed by atoms with Gasteiger partial charge in [-0.1, -0.05) is 6.07 Å². The van der Waals surface area contributed by atoms with E-state index in [4.69, 9.17) is 9.47 Å². The lowest BCUT2D eigenvalue weighted by molar-refractivity contribution is 0.174. The van der Waals surface area contributed by atoms with Crippen molar-refractivity contribution in [2.45, 2.75) is 19.5 Å². The predicted octanol–water partition coefficient (Wildman–Crippen LogP) is 2.37. The molecule has 20 heavy (non-hydrogen) atoms. The number of rotatable bonds is 4. The summed E-state index contributed by atoms with van der Waals surface area (Å²) in [5.74, 6) is 1.47. The van der Waals surface area contributed by atoms with Gasteiger partial charge in [0.25, 0.3) is 0 Å². The molecule has 0 spiro atoms. The first-order valence-electron chi connectivity index (χ1n) is 6.49. The number of aromatic hydroxyl groups is 1. The molecule has 0 unspecified atom stereocenters. The Morgan fingerprint density at radius 3 is 2.90 bits per heavy atom. The van der Waals surface area contributed by atoms with Gasteiger partial charge in [-0.05, 0) is 24.6 Å². The predicted molar refractivity (Wildman–Crippen MR) is 73.7 cm³/mol. The molecule has 2 aromatic rings. The molecular weight excluding hydrogens is 256 g/mol. The Bertz CT molecular complexity index is 602. The van der Waals surface area contributed by atoms with Crippen LogP contribution in [0.2, 0.25) is 0 Å². The van der Waals surface area contributed by atoms with Crippen LogP contribution in [0.4, 0.5) is 0 Å². The van der Waals surface area contributed by atoms with Crippen molar-refractivity contribution >= 4 is 0 Å². The van der Waals surface area contributed by atoms with Crippen LogP contribution in [0, 0.1) is 0 Å². The number of fused-ring (bicyclic) bond motifs is 1. The number of phenols is 1. The third kappa shape index (κ3) is 2.53. The minimum Gasteiger partial charge on any atom is -0.507 e. The van der Waals surface area contributed by atoms with E-state index in [0.717, 1.165) is 11.1 Å². The lowest BCUT2D eigenvalue weighted by atomic mass is 10.1. The zero-order chi connectivity index (χ0) is 13.9. The first-order valence-corrected chi connectivity index (χ1v) is 6.49. The topological polar surface area (TPSA) is 63.6 Å². The van der Waals surface area contributed by atoms with Crippen molar-refractivity contribution in [3.63, 3.8) is 0 Å². The molecule has 104 valence electrons. The molecule has 1 aliphatic rings. The number of pyridine rings is 1. The van der Waals surface area contributed by atoms with E-state index in [-0.39, 0.29) is 18.6 Å². The Hall–Kier alpha value is -2.27. The number of nitrogens with zero attached hydrogens (tertiary/aromatic N) is 1. The van der Waals surface area contributed by atoms with Crippen LogP contribution in [-0.4, -0.2) is 16.9 Å². The van der Waals surface area contributed by atoms with Crippen molar-refractivity contribution in [1.82, 2.24) is 10.3 Å². The number of ether oxygens (including phenoxy) is 2. The number of nitrogens with one attached hydrogen (secondary N) is 1. The van der Waals surface area contributed by atoms with E-state index in [0.29, 0.717) is 18.0 Å². The van der Waals surface area contributed by atoms with E-state index in [1.165, 1.54) is 0 Å². The molecule has 2 heterocycles. The maximum absolute atomic E-state index is 9.97. The molecule has 0 bridgehead atoms. The van der Waals surface area contributed by atoms with E-state index in [1.807, 2.05) is 18.3 Å². The van der Waals surface area contributed by atoms with Gasteiger partial charge in [-0.3, -0.25) is 4.98 Å². The second-order valence-electron chi connectivity index (χ2n) is 4.72. The number of phenolic OH excluding ortho intramolecular Hbond substituents is 1. The summed E-state index contributed by atoms with van der Waals surface area (Å²) in [6.07, 6.45) is 3.58. The van der Waals surface area contributed by atoms with Crippen LogP contribution in [0.15, 0.2) is 36.7 Å². The largest absolute Gasteiger partial charge is 0.507 e. The van der Waals surface area contributed by atoms with Crippen LogP contribution in [0.5, 0.6) is 17.2 Å². The Kier molecular flexibility index (Phi) is 3.43. The molecule has 0 fully saturated rings. The summed E-state index contributed by atoms with van der Waals surface area (Å²) < 4.78 is 10.5. The highest BCUT2D eigenvalue weighted by Crippen LogP contribution is 2.37. The minimum absolute atomic E-state index is 0.147. The van der Waals surface area contributed by atoms with Crippen LogP contribution < -0.4 is 14.8 Å². The highest BCUT2D eigenvalue weighted by Gasteiger charge is 2.17. The second kappa shape index (κ2) is 5.38. The van der Waals surface area contributed by atoms with Crippen LogP contribution in [0.1, 0.15) is 24.1 Å². The lowest BCUT2D eigenvalue weighted by Gasteiger charge is -2.14. The first kappa shape index (κ1) is 12.7. The summed E-state index contributed by atoms with van der Waals surface area (Å²) in [5.41, 5.74) is 1.89. The zero-order valence-electron chi connectivity index (χ0n) is 11.2. The second-order valence-corrected chi connectivity index (χ2v) is 4.72. The Morgan fingerprint density at radius 1 is 1.35 bits per heavy atom. The molecule has 0 saturated carbocycles. The van der Waals surface area contributed by atoms with Crippen molar-refractivity contribution in [1.29, 1.82) is 0 Å². The number of aromatic nitrogens is 1. The van der Waals surface area contributed by atoms with Gasteiger partial charge >= 0.3 is 0 Å². The van der Waals surface area contributed by atoms with Gasteiger partial charge in [-0.25, -0.2) is 0 Å². The van der Waals surface area contributed by atoms with E-state index in [2.05, 4.69) is 17.2 Å². The van der Waals surface area contributed by atoms with Gasteiger partial charge < -0.3 is 19.9 Å². The molecule has 0 radical (unpaired) electrons. The molecule has 1 aromatic carbocycles. The molecule has 5 nitrogen and oxygen atoms in total. The third-order valence-electron chi connectivity index (χ3n) is 3.36. The van der Waals surface area contributed by atoms with Crippen molar-refractivity contribution in [2.75, 3.05) is 6.79 Å². The van der Waals surface area contributed by atoms with E-state index < -0.39 is 0 Å². The Labute approximate surface area is 117 Å². The zero-order valence-corrected chi connectivity index (χ0v) is 11.2. The van der Waals surface area contributed by atoms with Gasteiger partial charge in [0, 0.05) is 36.6 Å². The molecule has 0 amide bonds. The molecule has 2 N–H and O–H groups in total. The smallest absolute Gasteiger partial charge is 0.231 e. The quantitative estimate of drug-likeness (QED) is 0.894. The van der Waals surface area contributed by atoms with Crippen molar-refractivity contribution < 1.29 is 14.6 Å². The number of hydrogen-bond donors (Lipinski definition) is 2. The van der Waals surface area contributed by atoms with Gasteiger partial charge in [0.05, 0.1) is 0 Å². The molecule has 0 saturated heterocycles. The van der Waals surface area contributed by atoms with Gasteiger partial charge in [0.15, 0.2) is 11.5 Å². The number of benzene rings is 1. The lowest BCUT2D eigenvalue weighted by Crippen LogP contribution is -2.18. The summed E-state index contributed by atoms with van der Waals surface area (Å²) in [6.45, 7) is 2.80. The molecule has 1 aromatic heterocycles. The molecule has 1 atom stereocenters. The SMILES string of the molecule is C[C@H](NCc1cc2c(cc1O)OCO2)c1cccnc1. The fraction of sp³-hybridized carbons (Fsp3) is 0.267. The van der Waals surface area contributed by atoms with Crippen LogP contribution in [0.25, 0.3) is 0 Å². The van der Waals surface area contributed by atoms with E-state index >= 15 is 0 Å². The van der Waals surface area contributed by atoms with Gasteiger partial charge in [0.2, 0.25) is 6.79 Å². The number of hydrogen-bond acceptors (Lipinski definition) is 5. The summed E-state index contributed by atoms with van der Waals surface area (Å²) in [5, 5.41) is 13.3. The molecule has 5 heteroatoms. The highest BCUT2D eigenvalue weighted by atomic mass is 16.7. The average Bonchev–Trinajstić information content (AvgIpc) is 2.92. The summed E-state index contributed by atoms with van der Waals surface area (Å²) in [4.78, 5) is 4.10. The van der Waals surface area contributed by atoms with Crippen molar-refractivity contribution in [3.8, 4) is 17.2 Å². The Morgan fingerprint density at radius 2 is 2.15 bits per heavy atom. The van der Waals surface area contributed by atoms with Crippen LogP contribution >= 0.6 is 0 Å². The normalized spacial score (nSPS) is 14.2. The third-order valence-corrected chi connectivity index (χ3v) is 3.36. The molecule has 1 aliphatic heterocycles. The van der Waals surface area contributed by atoms with E-state index in [1.54, 1.807) is 18.3 Å². The minimum atomic E-state index is 0.147. The summed E-state index contributed by atoms with van der Waals surface area (Å²) >= 11 is 0.